The van der Waals surface area contributed by atoms with Crippen molar-refractivity contribution in [3.05, 3.63) is 65.9 Å². The van der Waals surface area contributed by atoms with Gasteiger partial charge in [0.1, 0.15) is 10.9 Å². The lowest BCUT2D eigenvalue weighted by Gasteiger charge is -2.29. The first kappa shape index (κ1) is 27.9. The van der Waals surface area contributed by atoms with Crippen molar-refractivity contribution < 1.29 is 18.0 Å². The lowest BCUT2D eigenvalue weighted by Crippen LogP contribution is -2.50. The van der Waals surface area contributed by atoms with Gasteiger partial charge in [-0.05, 0) is 49.1 Å². The maximum Gasteiger partial charge on any atom is 0.248 e. The quantitative estimate of drug-likeness (QED) is 0.357. The summed E-state index contributed by atoms with van der Waals surface area (Å²) >= 11 is 0. The third-order valence-electron chi connectivity index (χ3n) is 8.38. The van der Waals surface area contributed by atoms with Crippen LogP contribution in [-0.4, -0.2) is 48.7 Å². The molecule has 1 saturated heterocycles. The molecule has 2 aromatic carbocycles. The molecule has 2 amide bonds. The van der Waals surface area contributed by atoms with Crippen molar-refractivity contribution in [2.24, 2.45) is 11.7 Å². The van der Waals surface area contributed by atoms with E-state index in [2.05, 4.69) is 16.4 Å². The maximum absolute atomic E-state index is 14.2. The minimum absolute atomic E-state index is 0.0405. The molecule has 0 spiro atoms. The molecule has 9 nitrogen and oxygen atoms in total. The van der Waals surface area contributed by atoms with E-state index < -0.39 is 26.7 Å². The Kier molecular flexibility index (Phi) is 7.97. The van der Waals surface area contributed by atoms with Crippen molar-refractivity contribution >= 4 is 32.6 Å². The Balaban J connectivity index is 1.43. The van der Waals surface area contributed by atoms with Gasteiger partial charge in [0.15, 0.2) is 9.84 Å². The number of likely N-dealkylation sites (tertiary alicyclic amines) is 1. The highest BCUT2D eigenvalue weighted by molar-refractivity contribution is 7.91. The van der Waals surface area contributed by atoms with Crippen LogP contribution in [0.1, 0.15) is 72.7 Å². The van der Waals surface area contributed by atoms with Crippen LogP contribution in [0.5, 0.6) is 0 Å². The molecule has 1 aromatic heterocycles. The zero-order valence-corrected chi connectivity index (χ0v) is 23.3. The van der Waals surface area contributed by atoms with E-state index in [4.69, 9.17) is 5.73 Å². The lowest BCUT2D eigenvalue weighted by molar-refractivity contribution is -0.122. The average Bonchev–Trinajstić information content (AvgIpc) is 3.58. The van der Waals surface area contributed by atoms with Gasteiger partial charge in [0, 0.05) is 47.7 Å². The number of rotatable bonds is 9. The number of sulfone groups is 1. The summed E-state index contributed by atoms with van der Waals surface area (Å²) in [6.45, 7) is 0.376. The zero-order valence-electron chi connectivity index (χ0n) is 22.4. The van der Waals surface area contributed by atoms with Crippen LogP contribution >= 0.6 is 0 Å². The Hall–Kier alpha value is -3.68. The van der Waals surface area contributed by atoms with Crippen molar-refractivity contribution in [3.8, 4) is 6.07 Å². The number of amides is 2. The number of benzene rings is 2. The fourth-order valence-electron chi connectivity index (χ4n) is 6.20. The molecule has 210 valence electrons. The van der Waals surface area contributed by atoms with Crippen molar-refractivity contribution in [2.45, 2.75) is 67.2 Å². The number of aromatic nitrogens is 1. The molecular weight excluding hydrogens is 526 g/mol. The molecule has 2 heterocycles. The molecule has 2 unspecified atom stereocenters. The number of nitriles is 1. The number of nitrogens with zero attached hydrogens (tertiary/aromatic N) is 2. The third kappa shape index (κ3) is 5.62. The molecule has 2 aliphatic rings. The fraction of sp³-hybridized carbons (Fsp3) is 0.433. The Morgan fingerprint density at radius 3 is 2.55 bits per heavy atom. The Morgan fingerprint density at radius 1 is 1.12 bits per heavy atom. The number of H-pyrrole nitrogens is 1. The monoisotopic (exact) mass is 561 g/mol. The van der Waals surface area contributed by atoms with Crippen LogP contribution in [-0.2, 0) is 14.6 Å². The molecule has 4 N–H and O–H groups in total. The standard InChI is InChI=1S/C30H35N5O4S/c31-19-30(34-27(36)15-10-21-6-2-1-3-7-21)16-17-35(20-30)29(25-18-33-26-9-5-4-8-24(25)26)40(38,39)23-13-11-22(12-14-23)28(32)37/h4-5,8-9,11-14,18,21,29,33H,1-3,6-7,10,15-17,20H2,(H2,32,37)(H,34,36). The summed E-state index contributed by atoms with van der Waals surface area (Å²) in [7, 11) is -4.02. The third-order valence-corrected chi connectivity index (χ3v) is 10.4. The molecule has 0 bridgehead atoms. The second-order valence-corrected chi connectivity index (χ2v) is 13.1. The minimum atomic E-state index is -4.02. The molecular formula is C30H35N5O4S. The van der Waals surface area contributed by atoms with E-state index in [-0.39, 0.29) is 22.9 Å². The first-order chi connectivity index (χ1) is 19.2. The summed E-state index contributed by atoms with van der Waals surface area (Å²) in [5.41, 5.74) is 5.74. The summed E-state index contributed by atoms with van der Waals surface area (Å²) in [5, 5.41) is 12.8. The number of hydrogen-bond acceptors (Lipinski definition) is 6. The Labute approximate surface area is 234 Å². The Morgan fingerprint density at radius 2 is 1.85 bits per heavy atom. The Bertz CT molecular complexity index is 1540. The SMILES string of the molecule is N#CC1(NC(=O)CCC2CCCCC2)CCN(C(c2c[nH]c3ccccc23)S(=O)(=O)c2ccc(C(N)=O)cc2)C1. The number of hydrogen-bond donors (Lipinski definition) is 3. The van der Waals surface area contributed by atoms with Gasteiger partial charge < -0.3 is 16.0 Å². The van der Waals surface area contributed by atoms with E-state index in [0.29, 0.717) is 30.9 Å². The predicted molar refractivity (Wildman–Crippen MR) is 152 cm³/mol. The van der Waals surface area contributed by atoms with Gasteiger partial charge >= 0.3 is 0 Å². The predicted octanol–water partition coefficient (Wildman–Crippen LogP) is 4.18. The van der Waals surface area contributed by atoms with Gasteiger partial charge in [-0.3, -0.25) is 14.5 Å². The van der Waals surface area contributed by atoms with Gasteiger partial charge in [-0.25, -0.2) is 8.42 Å². The number of carbonyl (C=O) groups excluding carboxylic acids is 2. The molecule has 0 radical (unpaired) electrons. The van der Waals surface area contributed by atoms with E-state index >= 15 is 0 Å². The van der Waals surface area contributed by atoms with Gasteiger partial charge in [-0.15, -0.1) is 0 Å². The molecule has 2 atom stereocenters. The van der Waals surface area contributed by atoms with Crippen LogP contribution < -0.4 is 11.1 Å². The molecule has 1 aliphatic carbocycles. The number of aromatic amines is 1. The molecule has 5 rings (SSSR count). The van der Waals surface area contributed by atoms with Gasteiger partial charge in [0.2, 0.25) is 11.8 Å². The molecule has 40 heavy (non-hydrogen) atoms. The molecule has 10 heteroatoms. The minimum Gasteiger partial charge on any atom is -0.366 e. The first-order valence-corrected chi connectivity index (χ1v) is 15.4. The van der Waals surface area contributed by atoms with Gasteiger partial charge in [0.25, 0.3) is 0 Å². The largest absolute Gasteiger partial charge is 0.366 e. The van der Waals surface area contributed by atoms with Gasteiger partial charge in [-0.2, -0.15) is 5.26 Å². The normalized spacial score (nSPS) is 21.2. The summed E-state index contributed by atoms with van der Waals surface area (Å²) in [4.78, 5) is 29.5. The van der Waals surface area contributed by atoms with Crippen LogP contribution in [0, 0.1) is 17.2 Å². The van der Waals surface area contributed by atoms with Crippen LogP contribution in [0.3, 0.4) is 0 Å². The number of nitrogens with two attached hydrogens (primary N) is 1. The summed E-state index contributed by atoms with van der Waals surface area (Å²) < 4.78 is 28.4. The van der Waals surface area contributed by atoms with Crippen molar-refractivity contribution in [1.29, 1.82) is 5.26 Å². The number of primary amides is 1. The van der Waals surface area contributed by atoms with E-state index in [1.807, 2.05) is 24.3 Å². The highest BCUT2D eigenvalue weighted by Crippen LogP contribution is 2.40. The second-order valence-electron chi connectivity index (χ2n) is 11.1. The van der Waals surface area contributed by atoms with Gasteiger partial charge in [-0.1, -0.05) is 50.3 Å². The fourth-order valence-corrected chi connectivity index (χ4v) is 8.07. The topological polar surface area (TPSA) is 149 Å². The van der Waals surface area contributed by atoms with Crippen LogP contribution in [0.2, 0.25) is 0 Å². The second kappa shape index (κ2) is 11.4. The van der Waals surface area contributed by atoms with Crippen molar-refractivity contribution in [1.82, 2.24) is 15.2 Å². The van der Waals surface area contributed by atoms with Crippen molar-refractivity contribution in [2.75, 3.05) is 13.1 Å². The zero-order chi connectivity index (χ0) is 28.3. The number of para-hydroxylation sites is 1. The average molecular weight is 562 g/mol. The molecule has 2 fully saturated rings. The van der Waals surface area contributed by atoms with E-state index in [9.17, 15) is 23.3 Å². The van der Waals surface area contributed by atoms with E-state index in [1.54, 1.807) is 11.1 Å². The first-order valence-electron chi connectivity index (χ1n) is 13.9. The number of carbonyl (C=O) groups is 2. The maximum atomic E-state index is 14.2. The molecule has 1 saturated carbocycles. The van der Waals surface area contributed by atoms with E-state index in [1.165, 1.54) is 43.5 Å². The molecule has 1 aliphatic heterocycles. The lowest BCUT2D eigenvalue weighted by atomic mass is 9.86. The smallest absolute Gasteiger partial charge is 0.248 e. The summed E-state index contributed by atoms with van der Waals surface area (Å²) in [6, 6.07) is 15.3. The van der Waals surface area contributed by atoms with Crippen LogP contribution in [0.15, 0.2) is 59.6 Å². The highest BCUT2D eigenvalue weighted by Gasteiger charge is 2.46. The highest BCUT2D eigenvalue weighted by atomic mass is 32.2. The summed E-state index contributed by atoms with van der Waals surface area (Å²) in [5.74, 6) is -0.257. The van der Waals surface area contributed by atoms with Crippen molar-refractivity contribution in [3.63, 3.8) is 0 Å². The van der Waals surface area contributed by atoms with Gasteiger partial charge in [0.05, 0.1) is 11.0 Å². The number of fused-ring (bicyclic) bond motifs is 1. The number of nitrogens with one attached hydrogen (secondary N) is 2. The summed E-state index contributed by atoms with van der Waals surface area (Å²) in [6.07, 6.45) is 9.15. The van der Waals surface area contributed by atoms with E-state index in [0.717, 1.165) is 30.2 Å². The van der Waals surface area contributed by atoms with Crippen LogP contribution in [0.4, 0.5) is 0 Å². The van der Waals surface area contributed by atoms with Crippen LogP contribution in [0.25, 0.3) is 10.9 Å². The molecule has 3 aromatic rings.